The standard InChI is InChI=1S/C20H33NO/c1-16(2)19-10-9-17(3)15-20(19)22-14-13-21-12-11-18-7-5-4-6-8-18/h4-8,16-17,19-21H,9-15H2,1-3H3/t17-,19+,20-/m0/s1. The molecule has 1 N–H and O–H groups in total. The van der Waals surface area contributed by atoms with Crippen LogP contribution in [0.25, 0.3) is 0 Å². The van der Waals surface area contributed by atoms with Crippen molar-refractivity contribution in [1.82, 2.24) is 5.32 Å². The molecule has 0 amide bonds. The van der Waals surface area contributed by atoms with Crippen LogP contribution in [0.1, 0.15) is 45.6 Å². The average Bonchev–Trinajstić information content (AvgIpc) is 2.51. The molecule has 1 aromatic carbocycles. The van der Waals surface area contributed by atoms with Gasteiger partial charge in [-0.3, -0.25) is 0 Å². The van der Waals surface area contributed by atoms with Crippen LogP contribution in [-0.4, -0.2) is 25.8 Å². The highest BCUT2D eigenvalue weighted by Gasteiger charge is 2.31. The van der Waals surface area contributed by atoms with E-state index in [9.17, 15) is 0 Å². The molecule has 0 saturated heterocycles. The van der Waals surface area contributed by atoms with Gasteiger partial charge in [0, 0.05) is 6.54 Å². The summed E-state index contributed by atoms with van der Waals surface area (Å²) >= 11 is 0. The Morgan fingerprint density at radius 1 is 1.14 bits per heavy atom. The van der Waals surface area contributed by atoms with Gasteiger partial charge < -0.3 is 10.1 Å². The van der Waals surface area contributed by atoms with Gasteiger partial charge in [-0.15, -0.1) is 0 Å². The van der Waals surface area contributed by atoms with E-state index in [0.29, 0.717) is 6.10 Å². The topological polar surface area (TPSA) is 21.3 Å². The molecule has 1 aliphatic carbocycles. The van der Waals surface area contributed by atoms with Gasteiger partial charge in [0.1, 0.15) is 0 Å². The Kier molecular flexibility index (Phi) is 7.41. The molecule has 2 rings (SSSR count). The van der Waals surface area contributed by atoms with E-state index in [1.807, 2.05) is 0 Å². The van der Waals surface area contributed by atoms with Crippen molar-refractivity contribution < 1.29 is 4.74 Å². The van der Waals surface area contributed by atoms with Crippen LogP contribution in [-0.2, 0) is 11.2 Å². The van der Waals surface area contributed by atoms with E-state index in [1.54, 1.807) is 0 Å². The molecule has 0 unspecified atom stereocenters. The molecule has 0 spiro atoms. The summed E-state index contributed by atoms with van der Waals surface area (Å²) in [6.45, 7) is 9.88. The lowest BCUT2D eigenvalue weighted by molar-refractivity contribution is -0.0366. The van der Waals surface area contributed by atoms with Gasteiger partial charge in [0.05, 0.1) is 12.7 Å². The molecule has 2 heteroatoms. The van der Waals surface area contributed by atoms with E-state index in [4.69, 9.17) is 4.74 Å². The number of nitrogens with one attached hydrogen (secondary N) is 1. The Hall–Kier alpha value is -0.860. The minimum absolute atomic E-state index is 0.472. The number of hydrogen-bond donors (Lipinski definition) is 1. The van der Waals surface area contributed by atoms with Crippen LogP contribution in [0, 0.1) is 17.8 Å². The molecule has 3 atom stereocenters. The summed E-state index contributed by atoms with van der Waals surface area (Å²) in [5.41, 5.74) is 1.40. The highest BCUT2D eigenvalue weighted by atomic mass is 16.5. The summed E-state index contributed by atoms with van der Waals surface area (Å²) in [6.07, 6.45) is 5.52. The maximum absolute atomic E-state index is 6.22. The van der Waals surface area contributed by atoms with Crippen molar-refractivity contribution in [2.75, 3.05) is 19.7 Å². The fourth-order valence-corrected chi connectivity index (χ4v) is 3.59. The molecule has 22 heavy (non-hydrogen) atoms. The van der Waals surface area contributed by atoms with Crippen LogP contribution in [0.15, 0.2) is 30.3 Å². The van der Waals surface area contributed by atoms with E-state index in [2.05, 4.69) is 56.4 Å². The molecule has 0 heterocycles. The average molecular weight is 303 g/mol. The van der Waals surface area contributed by atoms with E-state index >= 15 is 0 Å². The molecule has 1 saturated carbocycles. The van der Waals surface area contributed by atoms with Crippen LogP contribution >= 0.6 is 0 Å². The third kappa shape index (κ3) is 5.73. The zero-order valence-corrected chi connectivity index (χ0v) is 14.6. The molecular formula is C20H33NO. The number of benzene rings is 1. The summed E-state index contributed by atoms with van der Waals surface area (Å²) in [6, 6.07) is 10.7. The Balaban J connectivity index is 1.60. The van der Waals surface area contributed by atoms with Gasteiger partial charge in [0.25, 0.3) is 0 Å². The quantitative estimate of drug-likeness (QED) is 0.723. The fraction of sp³-hybridized carbons (Fsp3) is 0.700. The molecule has 2 nitrogen and oxygen atoms in total. The van der Waals surface area contributed by atoms with E-state index < -0.39 is 0 Å². The second-order valence-electron chi connectivity index (χ2n) is 7.22. The molecule has 1 fully saturated rings. The summed E-state index contributed by atoms with van der Waals surface area (Å²) in [7, 11) is 0. The Labute approximate surface area is 136 Å². The summed E-state index contributed by atoms with van der Waals surface area (Å²) in [5, 5.41) is 3.50. The van der Waals surface area contributed by atoms with Crippen LogP contribution < -0.4 is 5.32 Å². The number of ether oxygens (including phenoxy) is 1. The largest absolute Gasteiger partial charge is 0.377 e. The van der Waals surface area contributed by atoms with Crippen molar-refractivity contribution in [2.24, 2.45) is 17.8 Å². The number of rotatable bonds is 8. The molecule has 0 radical (unpaired) electrons. The minimum Gasteiger partial charge on any atom is -0.377 e. The number of hydrogen-bond acceptors (Lipinski definition) is 2. The first-order valence-electron chi connectivity index (χ1n) is 9.03. The van der Waals surface area contributed by atoms with Crippen LogP contribution in [0.3, 0.4) is 0 Å². The van der Waals surface area contributed by atoms with Crippen molar-refractivity contribution >= 4 is 0 Å². The second-order valence-corrected chi connectivity index (χ2v) is 7.22. The highest BCUT2D eigenvalue weighted by molar-refractivity contribution is 5.14. The predicted octanol–water partition coefficient (Wildman–Crippen LogP) is 4.30. The minimum atomic E-state index is 0.472. The Morgan fingerprint density at radius 3 is 2.64 bits per heavy atom. The van der Waals surface area contributed by atoms with E-state index in [0.717, 1.165) is 43.9 Å². The lowest BCUT2D eigenvalue weighted by atomic mass is 9.75. The normalized spacial score (nSPS) is 25.5. The summed E-state index contributed by atoms with van der Waals surface area (Å²) in [4.78, 5) is 0. The lowest BCUT2D eigenvalue weighted by Gasteiger charge is -2.37. The van der Waals surface area contributed by atoms with Crippen LogP contribution in [0.5, 0.6) is 0 Å². The molecule has 1 aliphatic rings. The third-order valence-electron chi connectivity index (χ3n) is 5.01. The first-order valence-corrected chi connectivity index (χ1v) is 9.03. The molecule has 0 aromatic heterocycles. The zero-order valence-electron chi connectivity index (χ0n) is 14.6. The van der Waals surface area contributed by atoms with Crippen molar-refractivity contribution in [2.45, 2.75) is 52.6 Å². The molecule has 1 aromatic rings. The van der Waals surface area contributed by atoms with E-state index in [-0.39, 0.29) is 0 Å². The van der Waals surface area contributed by atoms with Gasteiger partial charge >= 0.3 is 0 Å². The van der Waals surface area contributed by atoms with Gasteiger partial charge in [-0.1, -0.05) is 57.5 Å². The lowest BCUT2D eigenvalue weighted by Crippen LogP contribution is -2.36. The Morgan fingerprint density at radius 2 is 1.91 bits per heavy atom. The molecule has 0 bridgehead atoms. The first kappa shape index (κ1) is 17.5. The fourth-order valence-electron chi connectivity index (χ4n) is 3.59. The maximum atomic E-state index is 6.22. The second kappa shape index (κ2) is 9.32. The van der Waals surface area contributed by atoms with Gasteiger partial charge in [-0.25, -0.2) is 0 Å². The van der Waals surface area contributed by atoms with Gasteiger partial charge in [0.15, 0.2) is 0 Å². The van der Waals surface area contributed by atoms with Crippen molar-refractivity contribution in [3.8, 4) is 0 Å². The molecular weight excluding hydrogens is 270 g/mol. The SMILES string of the molecule is CC(C)[C@H]1CC[C@H](C)C[C@@H]1OCCNCCc1ccccc1. The smallest absolute Gasteiger partial charge is 0.0608 e. The van der Waals surface area contributed by atoms with Crippen molar-refractivity contribution in [3.05, 3.63) is 35.9 Å². The molecule has 0 aliphatic heterocycles. The van der Waals surface area contributed by atoms with Crippen molar-refractivity contribution in [1.29, 1.82) is 0 Å². The van der Waals surface area contributed by atoms with Gasteiger partial charge in [0.2, 0.25) is 0 Å². The zero-order chi connectivity index (χ0) is 15.8. The molecule has 124 valence electrons. The van der Waals surface area contributed by atoms with Crippen molar-refractivity contribution in [3.63, 3.8) is 0 Å². The summed E-state index contributed by atoms with van der Waals surface area (Å²) in [5.74, 6) is 2.31. The Bertz CT molecular complexity index is 403. The maximum Gasteiger partial charge on any atom is 0.0608 e. The third-order valence-corrected chi connectivity index (χ3v) is 5.01. The van der Waals surface area contributed by atoms with Crippen LogP contribution in [0.4, 0.5) is 0 Å². The van der Waals surface area contributed by atoms with Gasteiger partial charge in [-0.05, 0) is 49.1 Å². The first-order chi connectivity index (χ1) is 10.7. The highest BCUT2D eigenvalue weighted by Crippen LogP contribution is 2.35. The predicted molar refractivity (Wildman–Crippen MR) is 94.1 cm³/mol. The summed E-state index contributed by atoms with van der Waals surface area (Å²) < 4.78 is 6.22. The van der Waals surface area contributed by atoms with E-state index in [1.165, 1.54) is 24.8 Å². The van der Waals surface area contributed by atoms with Gasteiger partial charge in [-0.2, -0.15) is 0 Å². The van der Waals surface area contributed by atoms with Crippen LogP contribution in [0.2, 0.25) is 0 Å². The monoisotopic (exact) mass is 303 g/mol.